The highest BCUT2D eigenvalue weighted by Gasteiger charge is 2.19. The molecular formula is C18H11FN4O. The van der Waals surface area contributed by atoms with Crippen LogP contribution < -0.4 is 4.90 Å². The van der Waals surface area contributed by atoms with Gasteiger partial charge in [-0.3, -0.25) is 9.69 Å². The zero-order chi connectivity index (χ0) is 16.5. The van der Waals surface area contributed by atoms with Crippen LogP contribution in [0.1, 0.15) is 0 Å². The highest BCUT2D eigenvalue weighted by Crippen LogP contribution is 2.36. The molecule has 0 aromatic heterocycles. The lowest BCUT2D eigenvalue weighted by Gasteiger charge is -2.20. The first-order valence-corrected chi connectivity index (χ1v) is 7.29. The number of amides is 1. The lowest BCUT2D eigenvalue weighted by molar-refractivity contribution is -0.106. The van der Waals surface area contributed by atoms with E-state index in [1.807, 2.05) is 24.3 Å². The Bertz CT molecular complexity index is 1020. The number of anilines is 2. The highest BCUT2D eigenvalue weighted by molar-refractivity contribution is 6.07. The molecule has 0 fully saturated rings. The average molecular weight is 318 g/mol. The van der Waals surface area contributed by atoms with Crippen LogP contribution in [0.2, 0.25) is 0 Å². The Hall–Kier alpha value is -3.41. The summed E-state index contributed by atoms with van der Waals surface area (Å²) >= 11 is 0. The first-order chi connectivity index (χ1) is 11.8. The number of halogens is 1. The summed E-state index contributed by atoms with van der Waals surface area (Å²) < 4.78 is 14.2. The maximum Gasteiger partial charge on any atom is 0.218 e. The Morgan fingerprint density at radius 1 is 0.875 bits per heavy atom. The van der Waals surface area contributed by atoms with Gasteiger partial charge in [0.15, 0.2) is 0 Å². The molecule has 1 heterocycles. The molecule has 0 unspecified atom stereocenters. The minimum Gasteiger partial charge on any atom is -0.280 e. The van der Waals surface area contributed by atoms with Crippen molar-refractivity contribution >= 4 is 28.6 Å². The van der Waals surface area contributed by atoms with E-state index in [-0.39, 0.29) is 5.69 Å². The van der Waals surface area contributed by atoms with E-state index < -0.39 is 5.82 Å². The molecule has 0 saturated carbocycles. The number of carbonyl (C=O) groups excluding carboxylic acids is 1. The number of aromatic nitrogens is 3. The van der Waals surface area contributed by atoms with E-state index in [1.165, 1.54) is 11.0 Å². The van der Waals surface area contributed by atoms with Crippen LogP contribution in [0, 0.1) is 5.82 Å². The zero-order valence-electron chi connectivity index (χ0n) is 12.4. The summed E-state index contributed by atoms with van der Waals surface area (Å²) in [5.74, 6) is -0.482. The number of para-hydroxylation sites is 1. The normalized spacial score (nSPS) is 10.9. The van der Waals surface area contributed by atoms with Gasteiger partial charge in [0.1, 0.15) is 17.2 Å². The van der Waals surface area contributed by atoms with Crippen LogP contribution in [0.25, 0.3) is 22.2 Å². The number of hydrogen-bond acceptors (Lipinski definition) is 4. The second-order valence-corrected chi connectivity index (χ2v) is 5.22. The van der Waals surface area contributed by atoms with Gasteiger partial charge in [-0.15, -0.1) is 10.2 Å². The van der Waals surface area contributed by atoms with Gasteiger partial charge in [0.05, 0.1) is 11.4 Å². The third-order valence-electron chi connectivity index (χ3n) is 3.86. The molecule has 1 aliphatic carbocycles. The molecule has 24 heavy (non-hydrogen) atoms. The highest BCUT2D eigenvalue weighted by atomic mass is 19.1. The molecule has 1 aliphatic heterocycles. The molecule has 2 aromatic carbocycles. The molecule has 116 valence electrons. The Morgan fingerprint density at radius 3 is 2.42 bits per heavy atom. The SMILES string of the molecule is O=CN(c1ccccc1F)c1cccc2cccc3nnnc-3c12. The second kappa shape index (κ2) is 5.66. The van der Waals surface area contributed by atoms with Crippen LogP contribution in [0.4, 0.5) is 15.8 Å². The summed E-state index contributed by atoms with van der Waals surface area (Å²) in [6.07, 6.45) is 0.593. The van der Waals surface area contributed by atoms with Gasteiger partial charge in [0, 0.05) is 5.39 Å². The van der Waals surface area contributed by atoms with Crippen molar-refractivity contribution in [3.63, 3.8) is 0 Å². The molecule has 4 rings (SSSR count). The van der Waals surface area contributed by atoms with E-state index >= 15 is 0 Å². The third-order valence-corrected chi connectivity index (χ3v) is 3.86. The molecule has 2 aliphatic rings. The Morgan fingerprint density at radius 2 is 1.62 bits per heavy atom. The first kappa shape index (κ1) is 14.2. The third kappa shape index (κ3) is 2.16. The predicted molar refractivity (Wildman–Crippen MR) is 88.6 cm³/mol. The molecule has 0 saturated heterocycles. The van der Waals surface area contributed by atoms with Gasteiger partial charge in [-0.1, -0.05) is 36.4 Å². The van der Waals surface area contributed by atoms with Crippen LogP contribution in [-0.2, 0) is 4.79 Å². The van der Waals surface area contributed by atoms with Crippen LogP contribution in [0.5, 0.6) is 0 Å². The summed E-state index contributed by atoms with van der Waals surface area (Å²) in [5.41, 5.74) is 1.87. The van der Waals surface area contributed by atoms with Crippen molar-refractivity contribution in [2.45, 2.75) is 0 Å². The quantitative estimate of drug-likeness (QED) is 0.542. The molecule has 6 heteroatoms. The standard InChI is InChI=1S/C18H11FN4O/c19-13-7-1-2-9-15(13)23(11-24)16-10-4-6-12-5-3-8-14-18(17(12)16)21-22-20-14/h1-11H. The van der Waals surface area contributed by atoms with Gasteiger partial charge in [-0.05, 0) is 34.9 Å². The molecule has 0 radical (unpaired) electrons. The minimum atomic E-state index is -0.482. The van der Waals surface area contributed by atoms with Crippen molar-refractivity contribution in [1.82, 2.24) is 15.4 Å². The van der Waals surface area contributed by atoms with Gasteiger partial charge in [0.25, 0.3) is 0 Å². The van der Waals surface area contributed by atoms with E-state index in [0.29, 0.717) is 28.9 Å². The van der Waals surface area contributed by atoms with E-state index in [4.69, 9.17) is 0 Å². The molecule has 0 spiro atoms. The zero-order valence-corrected chi connectivity index (χ0v) is 12.4. The molecule has 5 nitrogen and oxygen atoms in total. The van der Waals surface area contributed by atoms with Crippen LogP contribution in [-0.4, -0.2) is 21.8 Å². The van der Waals surface area contributed by atoms with E-state index in [2.05, 4.69) is 15.4 Å². The fourth-order valence-corrected chi connectivity index (χ4v) is 2.79. The topological polar surface area (TPSA) is 59.0 Å². The average Bonchev–Trinajstić information content (AvgIpc) is 2.98. The minimum absolute atomic E-state index is 0.173. The van der Waals surface area contributed by atoms with Crippen LogP contribution in [0.15, 0.2) is 60.7 Å². The van der Waals surface area contributed by atoms with Gasteiger partial charge in [-0.2, -0.15) is 0 Å². The van der Waals surface area contributed by atoms with Gasteiger partial charge in [-0.25, -0.2) is 4.39 Å². The lowest BCUT2D eigenvalue weighted by Crippen LogP contribution is -2.16. The summed E-state index contributed by atoms with van der Waals surface area (Å²) in [6, 6.07) is 17.1. The number of nitrogens with zero attached hydrogens (tertiary/aromatic N) is 4. The van der Waals surface area contributed by atoms with E-state index in [1.54, 1.807) is 30.3 Å². The smallest absolute Gasteiger partial charge is 0.218 e. The second-order valence-electron chi connectivity index (χ2n) is 5.22. The Labute approximate surface area is 136 Å². The Balaban J connectivity index is 2.05. The Kier molecular flexibility index (Phi) is 3.35. The summed E-state index contributed by atoms with van der Waals surface area (Å²) in [4.78, 5) is 13.0. The number of fused-ring (bicyclic) bond motifs is 3. The molecule has 0 atom stereocenters. The largest absolute Gasteiger partial charge is 0.280 e. The van der Waals surface area contributed by atoms with Crippen LogP contribution in [0.3, 0.4) is 0 Å². The van der Waals surface area contributed by atoms with Crippen molar-refractivity contribution < 1.29 is 9.18 Å². The maximum atomic E-state index is 14.2. The lowest BCUT2D eigenvalue weighted by atomic mass is 10.1. The molecule has 0 N–H and O–H groups in total. The molecule has 1 amide bonds. The van der Waals surface area contributed by atoms with Crippen molar-refractivity contribution in [3.8, 4) is 11.4 Å². The fourth-order valence-electron chi connectivity index (χ4n) is 2.79. The summed E-state index contributed by atoms with van der Waals surface area (Å²) in [7, 11) is 0. The fraction of sp³-hybridized carbons (Fsp3) is 0. The number of rotatable bonds is 3. The summed E-state index contributed by atoms with van der Waals surface area (Å²) in [5, 5.41) is 13.3. The molecule has 0 bridgehead atoms. The van der Waals surface area contributed by atoms with Crippen molar-refractivity contribution in [1.29, 1.82) is 0 Å². The van der Waals surface area contributed by atoms with E-state index in [0.717, 1.165) is 5.39 Å². The van der Waals surface area contributed by atoms with Gasteiger partial charge in [0.2, 0.25) is 6.41 Å². The van der Waals surface area contributed by atoms with Gasteiger partial charge >= 0.3 is 0 Å². The molecule has 2 aromatic rings. The number of benzene rings is 2. The van der Waals surface area contributed by atoms with Gasteiger partial charge < -0.3 is 0 Å². The van der Waals surface area contributed by atoms with Crippen molar-refractivity contribution in [3.05, 3.63) is 66.5 Å². The maximum absolute atomic E-state index is 14.2. The van der Waals surface area contributed by atoms with Crippen molar-refractivity contribution in [2.24, 2.45) is 0 Å². The van der Waals surface area contributed by atoms with Crippen LogP contribution >= 0.6 is 0 Å². The number of hydrogen-bond donors (Lipinski definition) is 0. The summed E-state index contributed by atoms with van der Waals surface area (Å²) in [6.45, 7) is 0. The predicted octanol–water partition coefficient (Wildman–Crippen LogP) is 3.56. The number of carbonyl (C=O) groups is 1. The molecular weight excluding hydrogens is 307 g/mol. The van der Waals surface area contributed by atoms with Crippen molar-refractivity contribution in [2.75, 3.05) is 4.90 Å². The monoisotopic (exact) mass is 318 g/mol. The van der Waals surface area contributed by atoms with E-state index in [9.17, 15) is 9.18 Å². The first-order valence-electron chi connectivity index (χ1n) is 7.29.